The van der Waals surface area contributed by atoms with Crippen molar-refractivity contribution in [2.24, 2.45) is 11.5 Å². The van der Waals surface area contributed by atoms with Crippen molar-refractivity contribution in [2.45, 2.75) is 0 Å². The van der Waals surface area contributed by atoms with Gasteiger partial charge in [-0.15, -0.1) is 0 Å². The van der Waals surface area contributed by atoms with E-state index < -0.39 is 0 Å². The van der Waals surface area contributed by atoms with Crippen molar-refractivity contribution in [3.8, 4) is 11.4 Å². The van der Waals surface area contributed by atoms with Crippen molar-refractivity contribution >= 4 is 11.8 Å². The van der Waals surface area contributed by atoms with Crippen molar-refractivity contribution in [2.75, 3.05) is 26.2 Å². The van der Waals surface area contributed by atoms with Gasteiger partial charge in [-0.05, 0) is 24.3 Å². The zero-order valence-electron chi connectivity index (χ0n) is 13.2. The molecule has 0 aliphatic heterocycles. The summed E-state index contributed by atoms with van der Waals surface area (Å²) >= 11 is 0. The molecule has 0 unspecified atom stereocenters. The molecule has 24 heavy (non-hydrogen) atoms. The van der Waals surface area contributed by atoms with Crippen LogP contribution in [0.25, 0.3) is 11.4 Å². The van der Waals surface area contributed by atoms with E-state index in [0.717, 1.165) is 0 Å². The number of carbonyl (C=O) groups excluding carboxylic acids is 2. The van der Waals surface area contributed by atoms with Crippen molar-refractivity contribution < 1.29 is 9.59 Å². The van der Waals surface area contributed by atoms with E-state index in [1.807, 2.05) is 0 Å². The van der Waals surface area contributed by atoms with Crippen LogP contribution in [-0.4, -0.2) is 48.0 Å². The zero-order valence-corrected chi connectivity index (χ0v) is 13.2. The Morgan fingerprint density at radius 3 is 1.50 bits per heavy atom. The molecule has 0 aromatic carbocycles. The van der Waals surface area contributed by atoms with Gasteiger partial charge in [0.2, 0.25) is 0 Å². The van der Waals surface area contributed by atoms with E-state index in [0.29, 0.717) is 48.7 Å². The van der Waals surface area contributed by atoms with Gasteiger partial charge in [0.1, 0.15) is 0 Å². The van der Waals surface area contributed by atoms with Gasteiger partial charge in [0.25, 0.3) is 11.8 Å². The van der Waals surface area contributed by atoms with Crippen LogP contribution in [0.1, 0.15) is 20.7 Å². The Kier molecular flexibility index (Phi) is 6.35. The molecule has 2 aromatic heterocycles. The van der Waals surface area contributed by atoms with Crippen molar-refractivity contribution in [3.05, 3.63) is 47.8 Å². The van der Waals surface area contributed by atoms with Gasteiger partial charge in [-0.25, -0.2) is 0 Å². The van der Waals surface area contributed by atoms with Crippen LogP contribution in [0.2, 0.25) is 0 Å². The summed E-state index contributed by atoms with van der Waals surface area (Å²) in [7, 11) is 0. The molecular formula is C16H20N6O2. The molecule has 0 atom stereocenters. The lowest BCUT2D eigenvalue weighted by atomic mass is 10.1. The van der Waals surface area contributed by atoms with E-state index in [1.54, 1.807) is 24.3 Å². The van der Waals surface area contributed by atoms with E-state index in [1.165, 1.54) is 12.4 Å². The molecule has 0 radical (unpaired) electrons. The maximum atomic E-state index is 11.8. The molecule has 8 nitrogen and oxygen atoms in total. The van der Waals surface area contributed by atoms with Crippen molar-refractivity contribution in [3.63, 3.8) is 0 Å². The number of pyridine rings is 2. The fraction of sp³-hybridized carbons (Fsp3) is 0.250. The molecule has 0 spiro atoms. The van der Waals surface area contributed by atoms with E-state index in [9.17, 15) is 9.59 Å². The number of nitrogens with two attached hydrogens (primary N) is 2. The summed E-state index contributed by atoms with van der Waals surface area (Å²) < 4.78 is 0. The van der Waals surface area contributed by atoms with Gasteiger partial charge in [-0.1, -0.05) is 0 Å². The number of carbonyl (C=O) groups is 2. The summed E-state index contributed by atoms with van der Waals surface area (Å²) in [5, 5.41) is 5.34. The Labute approximate surface area is 139 Å². The fourth-order valence-electron chi connectivity index (χ4n) is 1.93. The molecule has 126 valence electrons. The highest BCUT2D eigenvalue weighted by molar-refractivity contribution is 5.94. The van der Waals surface area contributed by atoms with Crippen LogP contribution in [-0.2, 0) is 0 Å². The predicted octanol–water partition coefficient (Wildman–Crippen LogP) is -0.479. The van der Waals surface area contributed by atoms with E-state index in [-0.39, 0.29) is 11.8 Å². The number of nitrogens with one attached hydrogen (secondary N) is 2. The number of rotatable bonds is 7. The van der Waals surface area contributed by atoms with E-state index >= 15 is 0 Å². The Hall–Kier alpha value is -2.84. The summed E-state index contributed by atoms with van der Waals surface area (Å²) in [6.45, 7) is 1.59. The second-order valence-electron chi connectivity index (χ2n) is 4.95. The highest BCUT2D eigenvalue weighted by Gasteiger charge is 2.09. The molecule has 2 heterocycles. The molecular weight excluding hydrogens is 308 g/mol. The third-order valence-electron chi connectivity index (χ3n) is 3.17. The van der Waals surface area contributed by atoms with Gasteiger partial charge in [-0.2, -0.15) is 0 Å². The van der Waals surface area contributed by atoms with Gasteiger partial charge in [-0.3, -0.25) is 19.6 Å². The second kappa shape index (κ2) is 8.70. The van der Waals surface area contributed by atoms with Gasteiger partial charge < -0.3 is 22.1 Å². The molecule has 8 heteroatoms. The molecule has 0 fully saturated rings. The minimum atomic E-state index is -0.223. The fourth-order valence-corrected chi connectivity index (χ4v) is 1.93. The normalized spacial score (nSPS) is 10.2. The number of hydrogen-bond acceptors (Lipinski definition) is 6. The highest BCUT2D eigenvalue weighted by atomic mass is 16.2. The lowest BCUT2D eigenvalue weighted by Crippen LogP contribution is -2.29. The Bertz CT molecular complexity index is 623. The van der Waals surface area contributed by atoms with Gasteiger partial charge in [0.15, 0.2) is 0 Å². The van der Waals surface area contributed by atoms with Gasteiger partial charge >= 0.3 is 0 Å². The lowest BCUT2D eigenvalue weighted by Gasteiger charge is -2.06. The minimum absolute atomic E-state index is 0.223. The van der Waals surface area contributed by atoms with Crippen molar-refractivity contribution in [1.82, 2.24) is 20.6 Å². The average Bonchev–Trinajstić information content (AvgIpc) is 2.64. The van der Waals surface area contributed by atoms with Crippen molar-refractivity contribution in [1.29, 1.82) is 0 Å². The quantitative estimate of drug-likeness (QED) is 0.542. The van der Waals surface area contributed by atoms with Crippen LogP contribution in [0.5, 0.6) is 0 Å². The molecule has 6 N–H and O–H groups in total. The number of hydrogen-bond donors (Lipinski definition) is 4. The first-order valence-electron chi connectivity index (χ1n) is 7.54. The number of nitrogens with zero attached hydrogens (tertiary/aromatic N) is 2. The first kappa shape index (κ1) is 17.5. The molecule has 0 bridgehead atoms. The summed E-state index contributed by atoms with van der Waals surface area (Å²) in [5.74, 6) is -0.446. The number of amides is 2. The molecule has 2 rings (SSSR count). The first-order chi connectivity index (χ1) is 11.7. The molecule has 0 aliphatic carbocycles. The molecule has 2 amide bonds. The molecule has 0 saturated carbocycles. The van der Waals surface area contributed by atoms with Crippen LogP contribution < -0.4 is 22.1 Å². The third kappa shape index (κ3) is 4.58. The van der Waals surface area contributed by atoms with Crippen LogP contribution in [0.4, 0.5) is 0 Å². The Morgan fingerprint density at radius 1 is 0.792 bits per heavy atom. The highest BCUT2D eigenvalue weighted by Crippen LogP contribution is 2.15. The van der Waals surface area contributed by atoms with Crippen LogP contribution >= 0.6 is 0 Å². The summed E-state index contributed by atoms with van der Waals surface area (Å²) in [5.41, 5.74) is 12.8. The lowest BCUT2D eigenvalue weighted by molar-refractivity contribution is 0.0946. The first-order valence-corrected chi connectivity index (χ1v) is 7.54. The van der Waals surface area contributed by atoms with Gasteiger partial charge in [0, 0.05) is 38.6 Å². The SMILES string of the molecule is NCCNC(=O)c1ccc(-c2ccc(C(=O)NCCN)cn2)nc1. The molecule has 0 aliphatic rings. The average molecular weight is 328 g/mol. The Balaban J connectivity index is 2.06. The number of aromatic nitrogens is 2. The summed E-state index contributed by atoms with van der Waals surface area (Å²) in [6.07, 6.45) is 2.95. The van der Waals surface area contributed by atoms with Crippen LogP contribution in [0, 0.1) is 0 Å². The summed E-state index contributed by atoms with van der Waals surface area (Å²) in [4.78, 5) is 32.0. The topological polar surface area (TPSA) is 136 Å². The van der Waals surface area contributed by atoms with Crippen LogP contribution in [0.15, 0.2) is 36.7 Å². The summed E-state index contributed by atoms with van der Waals surface area (Å²) in [6, 6.07) is 6.73. The molecule has 2 aromatic rings. The monoisotopic (exact) mass is 328 g/mol. The van der Waals surface area contributed by atoms with Crippen LogP contribution in [0.3, 0.4) is 0 Å². The predicted molar refractivity (Wildman–Crippen MR) is 90.2 cm³/mol. The smallest absolute Gasteiger partial charge is 0.252 e. The van der Waals surface area contributed by atoms with E-state index in [2.05, 4.69) is 20.6 Å². The second-order valence-corrected chi connectivity index (χ2v) is 4.95. The maximum absolute atomic E-state index is 11.8. The zero-order chi connectivity index (χ0) is 17.4. The van der Waals surface area contributed by atoms with Gasteiger partial charge in [0.05, 0.1) is 22.5 Å². The Morgan fingerprint density at radius 2 is 1.21 bits per heavy atom. The minimum Gasteiger partial charge on any atom is -0.351 e. The third-order valence-corrected chi connectivity index (χ3v) is 3.17. The van der Waals surface area contributed by atoms with E-state index in [4.69, 9.17) is 11.5 Å². The largest absolute Gasteiger partial charge is 0.351 e. The molecule has 0 saturated heterocycles. The standard InChI is InChI=1S/C16H20N6O2/c17-5-7-19-15(23)11-1-3-13(21-9-11)14-4-2-12(10-22-14)16(24)20-8-6-18/h1-4,9-10H,5-8,17-18H2,(H,19,23)(H,20,24). The maximum Gasteiger partial charge on any atom is 0.252 e.